The molecule has 2 heteroatoms. The van der Waals surface area contributed by atoms with Crippen LogP contribution in [0.4, 0.5) is 0 Å². The number of rotatable bonds is 0. The molecule has 0 aromatic heterocycles. The highest BCUT2D eigenvalue weighted by molar-refractivity contribution is 6.17. The Kier molecular flexibility index (Phi) is 0.855. The molecule has 1 fully saturated rings. The predicted octanol–water partition coefficient (Wildman–Crippen LogP) is 1.17. The lowest BCUT2D eigenvalue weighted by Gasteiger charge is -1.61. The number of allylic oxidation sites excluding steroid dienone is 2. The van der Waals surface area contributed by atoms with Gasteiger partial charge in [-0.2, -0.15) is 0 Å². The molecule has 0 amide bonds. The largest absolute Gasteiger partial charge is 0.411 e. The second-order valence-electron chi connectivity index (χ2n) is 1.54. The highest BCUT2D eigenvalue weighted by Crippen LogP contribution is 2.23. The van der Waals surface area contributed by atoms with E-state index in [1.165, 1.54) is 5.57 Å². The van der Waals surface area contributed by atoms with Crippen LogP contribution < -0.4 is 0 Å². The Morgan fingerprint density at radius 2 is 2.57 bits per heavy atom. The van der Waals surface area contributed by atoms with Crippen molar-refractivity contribution < 1.29 is 5.21 Å². The molecule has 0 radical (unpaired) electrons. The summed E-state index contributed by atoms with van der Waals surface area (Å²) in [7, 11) is 0. The van der Waals surface area contributed by atoms with E-state index in [2.05, 4.69) is 5.16 Å². The highest BCUT2D eigenvalue weighted by atomic mass is 16.4. The molecule has 0 aromatic rings. The standard InChI is InChI=1S/C5H7NO/c1-2-4-3-5(4)6-7/h2,7H,3H2,1H3/b4-2+,6-5?. The van der Waals surface area contributed by atoms with Crippen LogP contribution in [0.2, 0.25) is 0 Å². The maximum Gasteiger partial charge on any atom is 0.0872 e. The Hall–Kier alpha value is -0.790. The van der Waals surface area contributed by atoms with Gasteiger partial charge in [0.15, 0.2) is 0 Å². The van der Waals surface area contributed by atoms with Crippen LogP contribution in [-0.4, -0.2) is 10.9 Å². The second kappa shape index (κ2) is 1.37. The third kappa shape index (κ3) is 0.633. The molecule has 0 heterocycles. The third-order valence-corrected chi connectivity index (χ3v) is 1.07. The van der Waals surface area contributed by atoms with E-state index in [0.29, 0.717) is 0 Å². The molecule has 1 rings (SSSR count). The van der Waals surface area contributed by atoms with Crippen LogP contribution in [0.5, 0.6) is 0 Å². The van der Waals surface area contributed by atoms with Crippen LogP contribution >= 0.6 is 0 Å². The topological polar surface area (TPSA) is 32.6 Å². The minimum atomic E-state index is 0.836. The third-order valence-electron chi connectivity index (χ3n) is 1.07. The first-order valence-electron chi connectivity index (χ1n) is 2.25. The van der Waals surface area contributed by atoms with Gasteiger partial charge in [-0.15, -0.1) is 0 Å². The summed E-state index contributed by atoms with van der Waals surface area (Å²) in [6.07, 6.45) is 2.84. The minimum absolute atomic E-state index is 0.836. The van der Waals surface area contributed by atoms with E-state index >= 15 is 0 Å². The predicted molar refractivity (Wildman–Crippen MR) is 27.6 cm³/mol. The molecule has 0 unspecified atom stereocenters. The molecule has 0 spiro atoms. The fraction of sp³-hybridized carbons (Fsp3) is 0.400. The van der Waals surface area contributed by atoms with E-state index in [0.717, 1.165) is 12.1 Å². The van der Waals surface area contributed by atoms with Crippen molar-refractivity contribution in [1.29, 1.82) is 0 Å². The van der Waals surface area contributed by atoms with Gasteiger partial charge in [-0.25, -0.2) is 0 Å². The van der Waals surface area contributed by atoms with Crippen molar-refractivity contribution in [2.24, 2.45) is 5.16 Å². The van der Waals surface area contributed by atoms with Crippen molar-refractivity contribution in [1.82, 2.24) is 0 Å². The molecule has 1 aliphatic carbocycles. The lowest BCUT2D eigenvalue weighted by atomic mass is 10.5. The Morgan fingerprint density at radius 3 is 2.71 bits per heavy atom. The average Bonchev–Trinajstić information content (AvgIpc) is 2.43. The second-order valence-corrected chi connectivity index (χ2v) is 1.54. The van der Waals surface area contributed by atoms with Gasteiger partial charge in [0.25, 0.3) is 0 Å². The van der Waals surface area contributed by atoms with Gasteiger partial charge in [0.1, 0.15) is 0 Å². The fourth-order valence-corrected chi connectivity index (χ4v) is 0.504. The first kappa shape index (κ1) is 4.37. The zero-order chi connectivity index (χ0) is 5.28. The zero-order valence-electron chi connectivity index (χ0n) is 4.18. The van der Waals surface area contributed by atoms with Gasteiger partial charge < -0.3 is 5.21 Å². The Labute approximate surface area is 42.1 Å². The van der Waals surface area contributed by atoms with E-state index < -0.39 is 0 Å². The quantitative estimate of drug-likeness (QED) is 0.357. The van der Waals surface area contributed by atoms with Crippen molar-refractivity contribution in [3.8, 4) is 0 Å². The molecule has 0 aromatic carbocycles. The molecule has 1 saturated carbocycles. The normalized spacial score (nSPS) is 29.3. The summed E-state index contributed by atoms with van der Waals surface area (Å²) in [4.78, 5) is 0. The van der Waals surface area contributed by atoms with Gasteiger partial charge in [0.2, 0.25) is 0 Å². The van der Waals surface area contributed by atoms with Gasteiger partial charge in [-0.3, -0.25) is 0 Å². The summed E-state index contributed by atoms with van der Waals surface area (Å²) < 4.78 is 0. The molecular formula is C5H7NO. The summed E-state index contributed by atoms with van der Waals surface area (Å²) in [5.41, 5.74) is 2.00. The summed E-state index contributed by atoms with van der Waals surface area (Å²) >= 11 is 0. The van der Waals surface area contributed by atoms with E-state index in [1.54, 1.807) is 0 Å². The first-order chi connectivity index (χ1) is 3.38. The van der Waals surface area contributed by atoms with Crippen molar-refractivity contribution in [2.45, 2.75) is 13.3 Å². The van der Waals surface area contributed by atoms with E-state index in [1.807, 2.05) is 13.0 Å². The number of nitrogens with zero attached hydrogens (tertiary/aromatic N) is 1. The summed E-state index contributed by atoms with van der Waals surface area (Å²) in [5, 5.41) is 11.1. The molecule has 0 saturated heterocycles. The minimum Gasteiger partial charge on any atom is -0.411 e. The van der Waals surface area contributed by atoms with Crippen LogP contribution in [-0.2, 0) is 0 Å². The number of hydrogen-bond acceptors (Lipinski definition) is 2. The highest BCUT2D eigenvalue weighted by Gasteiger charge is 2.21. The Balaban J connectivity index is 2.62. The molecule has 38 valence electrons. The molecule has 0 bridgehead atoms. The molecule has 7 heavy (non-hydrogen) atoms. The lowest BCUT2D eigenvalue weighted by Crippen LogP contribution is -1.59. The molecule has 0 atom stereocenters. The first-order valence-corrected chi connectivity index (χ1v) is 2.25. The van der Waals surface area contributed by atoms with Gasteiger partial charge in [0, 0.05) is 6.42 Å². The Bertz CT molecular complexity index is 119. The van der Waals surface area contributed by atoms with Crippen molar-refractivity contribution in [2.75, 3.05) is 0 Å². The maximum absolute atomic E-state index is 8.05. The smallest absolute Gasteiger partial charge is 0.0872 e. The van der Waals surface area contributed by atoms with Gasteiger partial charge in [0.05, 0.1) is 5.71 Å². The van der Waals surface area contributed by atoms with Gasteiger partial charge in [-0.05, 0) is 12.5 Å². The van der Waals surface area contributed by atoms with Crippen molar-refractivity contribution in [3.63, 3.8) is 0 Å². The molecule has 1 N–H and O–H groups in total. The maximum atomic E-state index is 8.05. The molecule has 2 nitrogen and oxygen atoms in total. The van der Waals surface area contributed by atoms with E-state index in [4.69, 9.17) is 5.21 Å². The number of oxime groups is 1. The van der Waals surface area contributed by atoms with E-state index in [-0.39, 0.29) is 0 Å². The van der Waals surface area contributed by atoms with Crippen molar-refractivity contribution in [3.05, 3.63) is 11.6 Å². The number of hydrogen-bond donors (Lipinski definition) is 1. The molecular weight excluding hydrogens is 90.1 g/mol. The summed E-state index contributed by atoms with van der Waals surface area (Å²) in [5.74, 6) is 0. The molecule has 0 aliphatic heterocycles. The van der Waals surface area contributed by atoms with Crippen LogP contribution in [0.25, 0.3) is 0 Å². The van der Waals surface area contributed by atoms with Crippen LogP contribution in [0.15, 0.2) is 16.8 Å². The molecule has 1 aliphatic rings. The SMILES string of the molecule is C/C=C1\CC1=NO. The Morgan fingerprint density at radius 1 is 1.86 bits per heavy atom. The zero-order valence-corrected chi connectivity index (χ0v) is 4.18. The summed E-state index contributed by atoms with van der Waals surface area (Å²) in [6.45, 7) is 1.94. The van der Waals surface area contributed by atoms with Crippen LogP contribution in [0.3, 0.4) is 0 Å². The van der Waals surface area contributed by atoms with Crippen molar-refractivity contribution >= 4 is 5.71 Å². The fourth-order valence-electron chi connectivity index (χ4n) is 0.504. The monoisotopic (exact) mass is 97.1 g/mol. The lowest BCUT2D eigenvalue weighted by molar-refractivity contribution is 0.320. The van der Waals surface area contributed by atoms with Crippen LogP contribution in [0.1, 0.15) is 13.3 Å². The van der Waals surface area contributed by atoms with Crippen LogP contribution in [0, 0.1) is 0 Å². The van der Waals surface area contributed by atoms with Gasteiger partial charge >= 0.3 is 0 Å². The average molecular weight is 97.1 g/mol. The van der Waals surface area contributed by atoms with Gasteiger partial charge in [-0.1, -0.05) is 11.2 Å². The van der Waals surface area contributed by atoms with E-state index in [9.17, 15) is 0 Å². The summed E-state index contributed by atoms with van der Waals surface area (Å²) in [6, 6.07) is 0.